The van der Waals surface area contributed by atoms with Crippen LogP contribution in [0.4, 0.5) is 0 Å². The molecule has 1 aliphatic rings. The SMILES string of the molecule is CC1(C)C[C@@H](c2ccc3c(c2)cc(S(=O)O)n3-c2ccccc2)CCO1. The highest BCUT2D eigenvalue weighted by Crippen LogP contribution is 2.37. The van der Waals surface area contributed by atoms with Gasteiger partial charge in [0.2, 0.25) is 11.1 Å². The van der Waals surface area contributed by atoms with Crippen molar-refractivity contribution in [1.29, 1.82) is 0 Å². The maximum atomic E-state index is 11.9. The van der Waals surface area contributed by atoms with Crippen molar-refractivity contribution in [2.45, 2.75) is 43.2 Å². The zero-order valence-corrected chi connectivity index (χ0v) is 15.8. The average molecular weight is 369 g/mol. The van der Waals surface area contributed by atoms with Gasteiger partial charge in [0.05, 0.1) is 11.1 Å². The number of nitrogens with zero attached hydrogens (tertiary/aromatic N) is 1. The monoisotopic (exact) mass is 369 g/mol. The summed E-state index contributed by atoms with van der Waals surface area (Å²) in [5.74, 6) is 0.450. The summed E-state index contributed by atoms with van der Waals surface area (Å²) in [4.78, 5) is 0. The predicted molar refractivity (Wildman–Crippen MR) is 104 cm³/mol. The molecule has 0 bridgehead atoms. The first kappa shape index (κ1) is 17.5. The zero-order valence-electron chi connectivity index (χ0n) is 15.0. The van der Waals surface area contributed by atoms with Gasteiger partial charge in [0.15, 0.2) is 0 Å². The minimum Gasteiger partial charge on any atom is -0.376 e. The minimum absolute atomic E-state index is 0.106. The van der Waals surface area contributed by atoms with Gasteiger partial charge in [-0.1, -0.05) is 24.3 Å². The molecule has 1 unspecified atom stereocenters. The maximum Gasteiger partial charge on any atom is 0.204 e. The highest BCUT2D eigenvalue weighted by molar-refractivity contribution is 7.79. The van der Waals surface area contributed by atoms with Crippen molar-refractivity contribution in [2.24, 2.45) is 0 Å². The summed E-state index contributed by atoms with van der Waals surface area (Å²) >= 11 is -2.05. The fourth-order valence-corrected chi connectivity index (χ4v) is 4.54. The van der Waals surface area contributed by atoms with Crippen molar-refractivity contribution in [3.8, 4) is 5.69 Å². The van der Waals surface area contributed by atoms with E-state index in [2.05, 4.69) is 32.0 Å². The van der Waals surface area contributed by atoms with E-state index >= 15 is 0 Å². The summed E-state index contributed by atoms with van der Waals surface area (Å²) in [6, 6.07) is 17.9. The van der Waals surface area contributed by atoms with Gasteiger partial charge in [-0.25, -0.2) is 4.21 Å². The largest absolute Gasteiger partial charge is 0.376 e. The molecular formula is C21H23NO3S. The third kappa shape index (κ3) is 3.22. The van der Waals surface area contributed by atoms with E-state index in [1.54, 1.807) is 0 Å². The second-order valence-electron chi connectivity index (χ2n) is 7.52. The Morgan fingerprint density at radius 3 is 2.62 bits per heavy atom. The fraction of sp³-hybridized carbons (Fsp3) is 0.333. The molecule has 1 N–H and O–H groups in total. The Balaban J connectivity index is 1.82. The van der Waals surface area contributed by atoms with Gasteiger partial charge in [-0.2, -0.15) is 0 Å². The lowest BCUT2D eigenvalue weighted by atomic mass is 9.83. The van der Waals surface area contributed by atoms with E-state index in [9.17, 15) is 8.76 Å². The number of para-hydroxylation sites is 1. The Morgan fingerprint density at radius 1 is 1.15 bits per heavy atom. The first-order valence-electron chi connectivity index (χ1n) is 8.90. The molecule has 1 fully saturated rings. The highest BCUT2D eigenvalue weighted by Gasteiger charge is 2.30. The molecule has 4 nitrogen and oxygen atoms in total. The van der Waals surface area contributed by atoms with Crippen LogP contribution in [0, 0.1) is 0 Å². The van der Waals surface area contributed by atoms with Crippen molar-refractivity contribution >= 4 is 22.0 Å². The van der Waals surface area contributed by atoms with Gasteiger partial charge in [-0.15, -0.1) is 0 Å². The molecule has 0 saturated carbocycles. The first-order chi connectivity index (χ1) is 12.4. The molecule has 1 aromatic heterocycles. The Hall–Kier alpha value is -1.95. The Bertz CT molecular complexity index is 962. The predicted octanol–water partition coefficient (Wildman–Crippen LogP) is 4.88. The lowest BCUT2D eigenvalue weighted by Gasteiger charge is -2.35. The first-order valence-corrected chi connectivity index (χ1v) is 10.0. The quantitative estimate of drug-likeness (QED) is 0.669. The van der Waals surface area contributed by atoms with Crippen LogP contribution in [0.15, 0.2) is 59.6 Å². The lowest BCUT2D eigenvalue weighted by molar-refractivity contribution is -0.0592. The molecule has 1 aliphatic heterocycles. The Kier molecular flexibility index (Phi) is 4.47. The molecule has 2 atom stereocenters. The third-order valence-corrected chi connectivity index (χ3v) is 5.81. The van der Waals surface area contributed by atoms with E-state index in [1.807, 2.05) is 41.0 Å². The summed E-state index contributed by atoms with van der Waals surface area (Å²) in [5.41, 5.74) is 3.00. The van der Waals surface area contributed by atoms with Crippen molar-refractivity contribution in [3.05, 3.63) is 60.2 Å². The van der Waals surface area contributed by atoms with Gasteiger partial charge in [0.1, 0.15) is 5.03 Å². The van der Waals surface area contributed by atoms with Gasteiger partial charge in [-0.3, -0.25) is 0 Å². The van der Waals surface area contributed by atoms with Crippen LogP contribution in [0.25, 0.3) is 16.6 Å². The number of benzene rings is 2. The summed E-state index contributed by atoms with van der Waals surface area (Å²) in [7, 11) is 0. The van der Waals surface area contributed by atoms with E-state index in [4.69, 9.17) is 4.74 Å². The van der Waals surface area contributed by atoms with Gasteiger partial charge in [-0.05, 0) is 68.5 Å². The van der Waals surface area contributed by atoms with Crippen molar-refractivity contribution in [2.75, 3.05) is 6.61 Å². The van der Waals surface area contributed by atoms with Crippen LogP contribution < -0.4 is 0 Å². The Labute approximate surface area is 156 Å². The molecule has 2 aromatic carbocycles. The van der Waals surface area contributed by atoms with Crippen LogP contribution in [0.3, 0.4) is 0 Å². The molecule has 0 aliphatic carbocycles. The van der Waals surface area contributed by atoms with E-state index < -0.39 is 11.1 Å². The normalized spacial score (nSPS) is 21.0. The van der Waals surface area contributed by atoms with Crippen LogP contribution in [-0.4, -0.2) is 25.5 Å². The van der Waals surface area contributed by atoms with Gasteiger partial charge in [0.25, 0.3) is 0 Å². The maximum absolute atomic E-state index is 11.9. The molecule has 0 radical (unpaired) electrons. The van der Waals surface area contributed by atoms with E-state index in [1.165, 1.54) is 5.56 Å². The van der Waals surface area contributed by atoms with E-state index in [0.717, 1.165) is 36.0 Å². The third-order valence-electron chi connectivity index (χ3n) is 5.15. The molecule has 2 heterocycles. The van der Waals surface area contributed by atoms with Crippen LogP contribution >= 0.6 is 0 Å². The number of aromatic nitrogens is 1. The molecule has 0 spiro atoms. The van der Waals surface area contributed by atoms with Crippen LogP contribution in [-0.2, 0) is 15.8 Å². The van der Waals surface area contributed by atoms with E-state index in [-0.39, 0.29) is 5.60 Å². The topological polar surface area (TPSA) is 51.5 Å². The standard InChI is InChI=1S/C21H23NO3S/c1-21(2)14-16(10-11-25-21)15-8-9-19-17(12-15)13-20(26(23)24)22(19)18-6-4-3-5-7-18/h3-9,12-13,16H,10-11,14H2,1-2H3,(H,23,24)/t16-/m0/s1. The van der Waals surface area contributed by atoms with Gasteiger partial charge >= 0.3 is 0 Å². The fourth-order valence-electron chi connectivity index (χ4n) is 3.95. The van der Waals surface area contributed by atoms with Crippen molar-refractivity contribution in [3.63, 3.8) is 0 Å². The summed E-state index contributed by atoms with van der Waals surface area (Å²) in [6.07, 6.45) is 1.99. The van der Waals surface area contributed by atoms with Gasteiger partial charge < -0.3 is 13.9 Å². The van der Waals surface area contributed by atoms with Crippen LogP contribution in [0.2, 0.25) is 0 Å². The number of fused-ring (bicyclic) bond motifs is 1. The molecule has 4 rings (SSSR count). The zero-order chi connectivity index (χ0) is 18.3. The molecule has 0 amide bonds. The number of ether oxygens (including phenoxy) is 1. The molecule has 5 heteroatoms. The van der Waals surface area contributed by atoms with Crippen molar-refractivity contribution < 1.29 is 13.5 Å². The van der Waals surface area contributed by atoms with Crippen LogP contribution in [0.1, 0.15) is 38.2 Å². The lowest BCUT2D eigenvalue weighted by Crippen LogP contribution is -2.32. The highest BCUT2D eigenvalue weighted by atomic mass is 32.2. The van der Waals surface area contributed by atoms with Crippen LogP contribution in [0.5, 0.6) is 0 Å². The van der Waals surface area contributed by atoms with Gasteiger partial charge in [0, 0.05) is 17.7 Å². The molecule has 3 aromatic rings. The minimum atomic E-state index is -2.05. The molecule has 26 heavy (non-hydrogen) atoms. The number of hydrogen-bond acceptors (Lipinski definition) is 2. The number of hydrogen-bond donors (Lipinski definition) is 1. The van der Waals surface area contributed by atoms with Crippen molar-refractivity contribution in [1.82, 2.24) is 4.57 Å². The second-order valence-corrected chi connectivity index (χ2v) is 8.44. The summed E-state index contributed by atoms with van der Waals surface area (Å²) in [6.45, 7) is 5.04. The second kappa shape index (κ2) is 6.65. The summed E-state index contributed by atoms with van der Waals surface area (Å²) < 4.78 is 29.4. The molecule has 136 valence electrons. The Morgan fingerprint density at radius 2 is 1.92 bits per heavy atom. The number of rotatable bonds is 3. The molecule has 1 saturated heterocycles. The molecular weight excluding hydrogens is 346 g/mol. The van der Waals surface area contributed by atoms with E-state index in [0.29, 0.717) is 10.9 Å². The summed E-state index contributed by atoms with van der Waals surface area (Å²) in [5, 5.41) is 1.39. The smallest absolute Gasteiger partial charge is 0.204 e. The average Bonchev–Trinajstić information content (AvgIpc) is 3.00.